The molecule has 1 saturated heterocycles. The third-order valence-electron chi connectivity index (χ3n) is 3.29. The van der Waals surface area contributed by atoms with E-state index >= 15 is 0 Å². The van der Waals surface area contributed by atoms with Crippen LogP contribution in [0.3, 0.4) is 0 Å². The third-order valence-corrected chi connectivity index (χ3v) is 4.34. The van der Waals surface area contributed by atoms with Crippen molar-refractivity contribution in [1.29, 1.82) is 0 Å². The standard InChI is InChI=1S/C13H23N3OS/c1-10-8-16(11(2)9-17-3)13(14-10)15-12-4-6-18-7-5-12/h8,11-12H,4-7,9H2,1-3H3,(H,14,15). The van der Waals surface area contributed by atoms with Crippen LogP contribution in [0.25, 0.3) is 0 Å². The minimum atomic E-state index is 0.316. The number of rotatable bonds is 5. The number of imidazole rings is 1. The molecule has 1 aromatic rings. The average molecular weight is 269 g/mol. The van der Waals surface area contributed by atoms with Gasteiger partial charge in [-0.05, 0) is 38.2 Å². The smallest absolute Gasteiger partial charge is 0.203 e. The molecule has 1 aliphatic rings. The lowest BCUT2D eigenvalue weighted by atomic mass is 10.2. The summed E-state index contributed by atoms with van der Waals surface area (Å²) in [5, 5.41) is 3.59. The number of aromatic nitrogens is 2. The minimum Gasteiger partial charge on any atom is -0.383 e. The number of nitrogens with one attached hydrogen (secondary N) is 1. The van der Waals surface area contributed by atoms with E-state index in [2.05, 4.69) is 28.0 Å². The zero-order valence-electron chi connectivity index (χ0n) is 11.5. The van der Waals surface area contributed by atoms with Gasteiger partial charge in [-0.3, -0.25) is 0 Å². The van der Waals surface area contributed by atoms with Gasteiger partial charge < -0.3 is 14.6 Å². The third kappa shape index (κ3) is 3.42. The number of hydrogen-bond acceptors (Lipinski definition) is 4. The van der Waals surface area contributed by atoms with Gasteiger partial charge in [0.05, 0.1) is 18.3 Å². The Bertz CT molecular complexity index is 374. The molecule has 1 aliphatic heterocycles. The van der Waals surface area contributed by atoms with Crippen LogP contribution in [0.15, 0.2) is 6.20 Å². The molecule has 2 rings (SSSR count). The Hall–Kier alpha value is -0.680. The van der Waals surface area contributed by atoms with Crippen LogP contribution in [0.1, 0.15) is 31.5 Å². The maximum atomic E-state index is 5.23. The predicted octanol–water partition coefficient (Wildman–Crippen LogP) is 2.71. The van der Waals surface area contributed by atoms with Gasteiger partial charge in [0, 0.05) is 19.3 Å². The molecule has 0 amide bonds. The SMILES string of the molecule is COCC(C)n1cc(C)nc1NC1CCSCC1. The zero-order valence-corrected chi connectivity index (χ0v) is 12.3. The van der Waals surface area contributed by atoms with Gasteiger partial charge in [-0.25, -0.2) is 4.98 Å². The fourth-order valence-electron chi connectivity index (χ4n) is 2.30. The number of nitrogens with zero attached hydrogens (tertiary/aromatic N) is 2. The van der Waals surface area contributed by atoms with E-state index in [1.807, 2.05) is 18.7 Å². The number of hydrogen-bond donors (Lipinski definition) is 1. The fraction of sp³-hybridized carbons (Fsp3) is 0.769. The van der Waals surface area contributed by atoms with Crippen molar-refractivity contribution in [3.05, 3.63) is 11.9 Å². The molecule has 1 unspecified atom stereocenters. The average Bonchev–Trinajstić information content (AvgIpc) is 2.72. The summed E-state index contributed by atoms with van der Waals surface area (Å²) in [4.78, 5) is 4.60. The summed E-state index contributed by atoms with van der Waals surface area (Å²) in [5.74, 6) is 3.50. The summed E-state index contributed by atoms with van der Waals surface area (Å²) in [6.07, 6.45) is 4.56. The van der Waals surface area contributed by atoms with Crippen LogP contribution < -0.4 is 5.32 Å². The Morgan fingerprint density at radius 1 is 1.56 bits per heavy atom. The number of thioether (sulfide) groups is 1. The van der Waals surface area contributed by atoms with Crippen molar-refractivity contribution in [2.45, 2.75) is 38.8 Å². The number of aryl methyl sites for hydroxylation is 1. The summed E-state index contributed by atoms with van der Waals surface area (Å²) in [6, 6.07) is 0.887. The lowest BCUT2D eigenvalue weighted by Crippen LogP contribution is -2.27. The molecule has 0 radical (unpaired) electrons. The molecular weight excluding hydrogens is 246 g/mol. The molecule has 1 fully saturated rings. The van der Waals surface area contributed by atoms with Crippen LogP contribution in [-0.4, -0.2) is 40.8 Å². The van der Waals surface area contributed by atoms with E-state index in [0.717, 1.165) is 11.6 Å². The van der Waals surface area contributed by atoms with Crippen LogP contribution in [0.4, 0.5) is 5.95 Å². The maximum absolute atomic E-state index is 5.23. The first kappa shape index (κ1) is 13.7. The van der Waals surface area contributed by atoms with E-state index in [1.54, 1.807) is 7.11 Å². The van der Waals surface area contributed by atoms with E-state index in [0.29, 0.717) is 18.7 Å². The molecule has 0 spiro atoms. The summed E-state index contributed by atoms with van der Waals surface area (Å²) in [7, 11) is 1.74. The number of ether oxygens (including phenoxy) is 1. The number of anilines is 1. The van der Waals surface area contributed by atoms with Gasteiger partial charge in [-0.15, -0.1) is 0 Å². The van der Waals surface area contributed by atoms with E-state index in [-0.39, 0.29) is 0 Å². The van der Waals surface area contributed by atoms with E-state index in [4.69, 9.17) is 4.74 Å². The Kier molecular flexibility index (Phi) is 4.95. The van der Waals surface area contributed by atoms with Crippen molar-refractivity contribution in [3.8, 4) is 0 Å². The van der Waals surface area contributed by atoms with Crippen molar-refractivity contribution in [2.75, 3.05) is 30.5 Å². The molecule has 1 N–H and O–H groups in total. The Balaban J connectivity index is 2.06. The molecular formula is C13H23N3OS. The van der Waals surface area contributed by atoms with Crippen molar-refractivity contribution in [3.63, 3.8) is 0 Å². The zero-order chi connectivity index (χ0) is 13.0. The second-order valence-corrected chi connectivity index (χ2v) is 6.17. The van der Waals surface area contributed by atoms with Gasteiger partial charge in [0.1, 0.15) is 0 Å². The summed E-state index contributed by atoms with van der Waals surface area (Å²) in [6.45, 7) is 4.91. The van der Waals surface area contributed by atoms with Gasteiger partial charge in [0.15, 0.2) is 0 Å². The maximum Gasteiger partial charge on any atom is 0.203 e. The largest absolute Gasteiger partial charge is 0.383 e. The lowest BCUT2D eigenvalue weighted by Gasteiger charge is -2.24. The Morgan fingerprint density at radius 2 is 2.28 bits per heavy atom. The molecule has 4 nitrogen and oxygen atoms in total. The van der Waals surface area contributed by atoms with E-state index in [9.17, 15) is 0 Å². The van der Waals surface area contributed by atoms with Crippen molar-refractivity contribution in [1.82, 2.24) is 9.55 Å². The molecule has 0 aromatic carbocycles. The van der Waals surface area contributed by atoms with E-state index < -0.39 is 0 Å². The Labute approximate surface area is 114 Å². The normalized spacial score (nSPS) is 18.8. The van der Waals surface area contributed by atoms with Crippen LogP contribution >= 0.6 is 11.8 Å². The van der Waals surface area contributed by atoms with Gasteiger partial charge in [0.25, 0.3) is 0 Å². The predicted molar refractivity (Wildman–Crippen MR) is 77.5 cm³/mol. The first-order chi connectivity index (χ1) is 8.70. The molecule has 102 valence electrons. The Morgan fingerprint density at radius 3 is 2.94 bits per heavy atom. The molecule has 0 saturated carbocycles. The summed E-state index contributed by atoms with van der Waals surface area (Å²) < 4.78 is 7.43. The quantitative estimate of drug-likeness (QED) is 0.892. The first-order valence-corrected chi connectivity index (χ1v) is 7.75. The van der Waals surface area contributed by atoms with Crippen LogP contribution in [0.2, 0.25) is 0 Å². The first-order valence-electron chi connectivity index (χ1n) is 6.59. The second-order valence-electron chi connectivity index (χ2n) is 4.95. The fourth-order valence-corrected chi connectivity index (χ4v) is 3.41. The molecule has 0 bridgehead atoms. The van der Waals surface area contributed by atoms with Crippen LogP contribution in [0.5, 0.6) is 0 Å². The van der Waals surface area contributed by atoms with Crippen LogP contribution in [-0.2, 0) is 4.74 Å². The van der Waals surface area contributed by atoms with Crippen molar-refractivity contribution < 1.29 is 4.74 Å². The van der Waals surface area contributed by atoms with Crippen molar-refractivity contribution >= 4 is 17.7 Å². The molecule has 1 atom stereocenters. The van der Waals surface area contributed by atoms with Crippen LogP contribution in [0, 0.1) is 6.92 Å². The van der Waals surface area contributed by atoms with E-state index in [1.165, 1.54) is 24.3 Å². The molecule has 2 heterocycles. The van der Waals surface area contributed by atoms with Gasteiger partial charge in [-0.2, -0.15) is 11.8 Å². The van der Waals surface area contributed by atoms with Gasteiger partial charge >= 0.3 is 0 Å². The number of methoxy groups -OCH3 is 1. The van der Waals surface area contributed by atoms with Gasteiger partial charge in [-0.1, -0.05) is 0 Å². The molecule has 5 heteroatoms. The highest BCUT2D eigenvalue weighted by atomic mass is 32.2. The summed E-state index contributed by atoms with van der Waals surface area (Å²) >= 11 is 2.05. The highest BCUT2D eigenvalue weighted by molar-refractivity contribution is 7.99. The monoisotopic (exact) mass is 269 g/mol. The van der Waals surface area contributed by atoms with Gasteiger partial charge in [0.2, 0.25) is 5.95 Å². The topological polar surface area (TPSA) is 39.1 Å². The lowest BCUT2D eigenvalue weighted by molar-refractivity contribution is 0.163. The second kappa shape index (κ2) is 6.48. The molecule has 18 heavy (non-hydrogen) atoms. The highest BCUT2D eigenvalue weighted by Gasteiger charge is 2.18. The molecule has 0 aliphatic carbocycles. The minimum absolute atomic E-state index is 0.316. The molecule has 1 aromatic heterocycles. The summed E-state index contributed by atoms with van der Waals surface area (Å²) in [5.41, 5.74) is 1.06. The highest BCUT2D eigenvalue weighted by Crippen LogP contribution is 2.22. The van der Waals surface area contributed by atoms with Crippen molar-refractivity contribution in [2.24, 2.45) is 0 Å².